The fraction of sp³-hybridized carbons (Fsp3) is 0.0667. The highest BCUT2D eigenvalue weighted by molar-refractivity contribution is 7.17. The van der Waals surface area contributed by atoms with Gasteiger partial charge in [-0.2, -0.15) is 0 Å². The first kappa shape index (κ1) is 13.5. The molecule has 1 N–H and O–H groups in total. The van der Waals surface area contributed by atoms with Crippen molar-refractivity contribution in [1.82, 2.24) is 4.57 Å². The lowest BCUT2D eigenvalue weighted by molar-refractivity contribution is -0.116. The monoisotopic (exact) mass is 302 g/mol. The van der Waals surface area contributed by atoms with E-state index in [0.717, 1.165) is 4.70 Å². The molecule has 0 atom stereocenters. The Hall–Kier alpha value is -2.47. The molecule has 3 rings (SSSR count). The standard InChI is InChI=1S/C15H11FN2O2S/c16-10-2-1-3-11(8-10)17-14(19)9-18-6-4-13-12(15(18)20)5-7-21-13/h1-8H,9H2,(H,17,19). The van der Waals surface area contributed by atoms with Crippen LogP contribution in [-0.2, 0) is 11.3 Å². The van der Waals surface area contributed by atoms with Crippen molar-refractivity contribution >= 4 is 33.0 Å². The summed E-state index contributed by atoms with van der Waals surface area (Å²) in [5, 5.41) is 5.00. The molecule has 0 aliphatic carbocycles. The molecule has 3 aromatic rings. The number of benzene rings is 1. The SMILES string of the molecule is O=C(Cn1ccc2sccc2c1=O)Nc1cccc(F)c1. The summed E-state index contributed by atoms with van der Waals surface area (Å²) >= 11 is 1.48. The van der Waals surface area contributed by atoms with E-state index in [1.807, 2.05) is 5.38 Å². The minimum absolute atomic E-state index is 0.110. The number of aromatic nitrogens is 1. The van der Waals surface area contributed by atoms with Crippen LogP contribution >= 0.6 is 11.3 Å². The van der Waals surface area contributed by atoms with E-state index in [1.165, 1.54) is 34.1 Å². The summed E-state index contributed by atoms with van der Waals surface area (Å²) in [4.78, 5) is 24.1. The summed E-state index contributed by atoms with van der Waals surface area (Å²) in [7, 11) is 0. The number of amides is 1. The normalized spacial score (nSPS) is 10.7. The molecule has 0 bridgehead atoms. The van der Waals surface area contributed by atoms with Gasteiger partial charge in [0.15, 0.2) is 0 Å². The number of hydrogen-bond donors (Lipinski definition) is 1. The lowest BCUT2D eigenvalue weighted by atomic mass is 10.3. The van der Waals surface area contributed by atoms with Gasteiger partial charge in [0, 0.05) is 16.6 Å². The molecule has 6 heteroatoms. The number of carbonyl (C=O) groups is 1. The molecule has 0 saturated carbocycles. The van der Waals surface area contributed by atoms with E-state index in [-0.39, 0.29) is 18.0 Å². The molecule has 1 amide bonds. The maximum Gasteiger partial charge on any atom is 0.259 e. The van der Waals surface area contributed by atoms with Gasteiger partial charge >= 0.3 is 0 Å². The lowest BCUT2D eigenvalue weighted by Gasteiger charge is -2.07. The number of thiophene rings is 1. The van der Waals surface area contributed by atoms with Crippen LogP contribution in [0, 0.1) is 5.82 Å². The topological polar surface area (TPSA) is 51.1 Å². The highest BCUT2D eigenvalue weighted by Gasteiger charge is 2.08. The van der Waals surface area contributed by atoms with Crippen molar-refractivity contribution in [2.24, 2.45) is 0 Å². The van der Waals surface area contributed by atoms with Gasteiger partial charge in [-0.05, 0) is 35.7 Å². The van der Waals surface area contributed by atoms with Crippen molar-refractivity contribution in [2.75, 3.05) is 5.32 Å². The number of halogens is 1. The second-order valence-electron chi connectivity index (χ2n) is 4.51. The van der Waals surface area contributed by atoms with E-state index in [4.69, 9.17) is 0 Å². The highest BCUT2D eigenvalue weighted by atomic mass is 32.1. The number of fused-ring (bicyclic) bond motifs is 1. The third kappa shape index (κ3) is 2.85. The van der Waals surface area contributed by atoms with Gasteiger partial charge in [-0.3, -0.25) is 9.59 Å². The number of nitrogens with zero attached hydrogens (tertiary/aromatic N) is 1. The van der Waals surface area contributed by atoms with Gasteiger partial charge in [-0.15, -0.1) is 11.3 Å². The van der Waals surface area contributed by atoms with Crippen LogP contribution in [0.1, 0.15) is 0 Å². The molecule has 0 spiro atoms. The largest absolute Gasteiger partial charge is 0.324 e. The second-order valence-corrected chi connectivity index (χ2v) is 5.45. The molecule has 4 nitrogen and oxygen atoms in total. The van der Waals surface area contributed by atoms with Crippen LogP contribution in [0.4, 0.5) is 10.1 Å². The lowest BCUT2D eigenvalue weighted by Crippen LogP contribution is -2.27. The quantitative estimate of drug-likeness (QED) is 0.809. The van der Waals surface area contributed by atoms with Crippen molar-refractivity contribution in [3.8, 4) is 0 Å². The molecule has 0 unspecified atom stereocenters. The fourth-order valence-electron chi connectivity index (χ4n) is 2.05. The molecule has 0 fully saturated rings. The summed E-state index contributed by atoms with van der Waals surface area (Å²) in [6.07, 6.45) is 1.59. The van der Waals surface area contributed by atoms with Gasteiger partial charge in [0.1, 0.15) is 12.4 Å². The van der Waals surface area contributed by atoms with Crippen molar-refractivity contribution in [2.45, 2.75) is 6.54 Å². The predicted molar refractivity (Wildman–Crippen MR) is 81.1 cm³/mol. The molecule has 0 aliphatic rings. The fourth-order valence-corrected chi connectivity index (χ4v) is 2.83. The Morgan fingerprint density at radius 2 is 2.14 bits per heavy atom. The average molecular weight is 302 g/mol. The molecule has 0 saturated heterocycles. The number of rotatable bonds is 3. The Balaban J connectivity index is 1.80. The third-order valence-corrected chi connectivity index (χ3v) is 3.90. The minimum atomic E-state index is -0.426. The molecule has 21 heavy (non-hydrogen) atoms. The maximum atomic E-state index is 13.0. The van der Waals surface area contributed by atoms with E-state index in [2.05, 4.69) is 5.32 Å². The highest BCUT2D eigenvalue weighted by Crippen LogP contribution is 2.16. The molecule has 2 heterocycles. The van der Waals surface area contributed by atoms with E-state index in [1.54, 1.807) is 24.4 Å². The first-order valence-corrected chi connectivity index (χ1v) is 7.13. The Morgan fingerprint density at radius 3 is 2.95 bits per heavy atom. The van der Waals surface area contributed by atoms with Crippen molar-refractivity contribution < 1.29 is 9.18 Å². The van der Waals surface area contributed by atoms with E-state index in [0.29, 0.717) is 11.1 Å². The number of anilines is 1. The number of hydrogen-bond acceptors (Lipinski definition) is 3. The molecule has 0 radical (unpaired) electrons. The number of nitrogens with one attached hydrogen (secondary N) is 1. The molecule has 1 aromatic carbocycles. The second kappa shape index (κ2) is 5.49. The van der Waals surface area contributed by atoms with Gasteiger partial charge < -0.3 is 9.88 Å². The predicted octanol–water partition coefficient (Wildman–Crippen LogP) is 2.84. The number of pyridine rings is 1. The maximum absolute atomic E-state index is 13.0. The summed E-state index contributed by atoms with van der Waals surface area (Å²) < 4.78 is 15.3. The van der Waals surface area contributed by atoms with Gasteiger partial charge in [-0.1, -0.05) is 6.07 Å². The van der Waals surface area contributed by atoms with E-state index >= 15 is 0 Å². The Morgan fingerprint density at radius 1 is 1.29 bits per heavy atom. The summed E-state index contributed by atoms with van der Waals surface area (Å²) in [6, 6.07) is 9.16. The van der Waals surface area contributed by atoms with Crippen LogP contribution in [0.5, 0.6) is 0 Å². The third-order valence-electron chi connectivity index (χ3n) is 3.01. The van der Waals surface area contributed by atoms with Crippen LogP contribution in [-0.4, -0.2) is 10.5 Å². The molecular weight excluding hydrogens is 291 g/mol. The van der Waals surface area contributed by atoms with Crippen LogP contribution < -0.4 is 10.9 Å². The average Bonchev–Trinajstić information content (AvgIpc) is 2.91. The molecular formula is C15H11FN2O2S. The van der Waals surface area contributed by atoms with E-state index < -0.39 is 5.82 Å². The minimum Gasteiger partial charge on any atom is -0.324 e. The first-order valence-electron chi connectivity index (χ1n) is 6.25. The van der Waals surface area contributed by atoms with Gasteiger partial charge in [-0.25, -0.2) is 4.39 Å². The summed E-state index contributed by atoms with van der Waals surface area (Å²) in [5.41, 5.74) is 0.160. The smallest absolute Gasteiger partial charge is 0.259 e. The van der Waals surface area contributed by atoms with E-state index in [9.17, 15) is 14.0 Å². The molecule has 2 aromatic heterocycles. The van der Waals surface area contributed by atoms with Crippen molar-refractivity contribution in [3.63, 3.8) is 0 Å². The van der Waals surface area contributed by atoms with Crippen molar-refractivity contribution in [3.05, 3.63) is 64.1 Å². The number of carbonyl (C=O) groups excluding carboxylic acids is 1. The van der Waals surface area contributed by atoms with Crippen LogP contribution in [0.25, 0.3) is 10.1 Å². The van der Waals surface area contributed by atoms with Crippen LogP contribution in [0.3, 0.4) is 0 Å². The summed E-state index contributed by atoms with van der Waals surface area (Å²) in [6.45, 7) is -0.110. The van der Waals surface area contributed by atoms with Crippen LogP contribution in [0.2, 0.25) is 0 Å². The van der Waals surface area contributed by atoms with Gasteiger partial charge in [0.2, 0.25) is 5.91 Å². The summed E-state index contributed by atoms with van der Waals surface area (Å²) in [5.74, 6) is -0.804. The zero-order valence-corrected chi connectivity index (χ0v) is 11.7. The Labute approximate surface area is 123 Å². The zero-order chi connectivity index (χ0) is 14.8. The Kier molecular flexibility index (Phi) is 3.53. The zero-order valence-electron chi connectivity index (χ0n) is 10.9. The first-order chi connectivity index (χ1) is 10.1. The van der Waals surface area contributed by atoms with Gasteiger partial charge in [0.05, 0.1) is 5.39 Å². The Bertz CT molecular complexity index is 869. The van der Waals surface area contributed by atoms with Gasteiger partial charge in [0.25, 0.3) is 5.56 Å². The van der Waals surface area contributed by atoms with Crippen molar-refractivity contribution in [1.29, 1.82) is 0 Å². The molecule has 0 aliphatic heterocycles. The molecule has 106 valence electrons. The van der Waals surface area contributed by atoms with Crippen LogP contribution in [0.15, 0.2) is 52.8 Å².